The van der Waals surface area contributed by atoms with E-state index >= 15 is 0 Å². The molecule has 1 amide bonds. The van der Waals surface area contributed by atoms with Gasteiger partial charge in [0.1, 0.15) is 0 Å². The highest BCUT2D eigenvalue weighted by molar-refractivity contribution is 7.98. The number of amides is 1. The summed E-state index contributed by atoms with van der Waals surface area (Å²) in [6.07, 6.45) is 4.88. The number of carbonyl (C=O) groups is 1. The van der Waals surface area contributed by atoms with Crippen molar-refractivity contribution in [1.29, 1.82) is 0 Å². The third-order valence-electron chi connectivity index (χ3n) is 5.34. The van der Waals surface area contributed by atoms with E-state index < -0.39 is 0 Å². The van der Waals surface area contributed by atoms with E-state index in [-0.39, 0.29) is 11.8 Å². The summed E-state index contributed by atoms with van der Waals surface area (Å²) in [7, 11) is 0. The summed E-state index contributed by atoms with van der Waals surface area (Å²) in [5, 5.41) is 3.13. The molecule has 1 aliphatic heterocycles. The number of imidazole rings is 1. The Bertz CT molecular complexity index is 904. The van der Waals surface area contributed by atoms with Gasteiger partial charge in [-0.25, -0.2) is 4.98 Å². The lowest BCUT2D eigenvalue weighted by atomic mass is 9.97. The van der Waals surface area contributed by atoms with Gasteiger partial charge in [0.15, 0.2) is 0 Å². The Hall–Kier alpha value is -2.47. The summed E-state index contributed by atoms with van der Waals surface area (Å²) in [4.78, 5) is 24.2. The van der Waals surface area contributed by atoms with Gasteiger partial charge in [-0.15, -0.1) is 11.8 Å². The Morgan fingerprint density at radius 2 is 2.07 bits per heavy atom. The van der Waals surface area contributed by atoms with Gasteiger partial charge in [0.25, 0.3) is 0 Å². The van der Waals surface area contributed by atoms with Gasteiger partial charge in [-0.2, -0.15) is 0 Å². The fraction of sp³-hybridized carbons (Fsp3) is 0.364. The van der Waals surface area contributed by atoms with Crippen LogP contribution in [-0.2, 0) is 11.2 Å². The van der Waals surface area contributed by atoms with Crippen LogP contribution in [0.25, 0.3) is 11.0 Å². The number of aromatic nitrogens is 2. The van der Waals surface area contributed by atoms with E-state index in [2.05, 4.69) is 50.7 Å². The Morgan fingerprint density at radius 1 is 1.25 bits per heavy atom. The molecule has 0 bridgehead atoms. The number of fused-ring (bicyclic) bond motifs is 1. The van der Waals surface area contributed by atoms with Gasteiger partial charge in [-0.3, -0.25) is 4.79 Å². The Kier molecular flexibility index (Phi) is 5.86. The molecule has 1 aromatic heterocycles. The van der Waals surface area contributed by atoms with Gasteiger partial charge in [0.05, 0.1) is 17.0 Å². The van der Waals surface area contributed by atoms with E-state index in [1.54, 1.807) is 11.8 Å². The van der Waals surface area contributed by atoms with E-state index in [0.717, 1.165) is 42.8 Å². The lowest BCUT2D eigenvalue weighted by Crippen LogP contribution is -2.43. The number of benzene rings is 2. The summed E-state index contributed by atoms with van der Waals surface area (Å²) in [5.41, 5.74) is 3.26. The lowest BCUT2D eigenvalue weighted by molar-refractivity contribution is -0.125. The fourth-order valence-corrected chi connectivity index (χ4v) is 4.15. The zero-order valence-corrected chi connectivity index (χ0v) is 17.0. The lowest BCUT2D eigenvalue weighted by Gasteiger charge is -2.31. The number of H-pyrrole nitrogens is 1. The van der Waals surface area contributed by atoms with Crippen molar-refractivity contribution in [2.24, 2.45) is 5.92 Å². The number of carbonyl (C=O) groups excluding carboxylic acids is 1. The van der Waals surface area contributed by atoms with Crippen molar-refractivity contribution in [3.8, 4) is 0 Å². The van der Waals surface area contributed by atoms with Crippen LogP contribution < -0.4 is 10.2 Å². The zero-order chi connectivity index (χ0) is 19.3. The standard InChI is InChI=1S/C22H26N4OS/c1-28-18-10-8-16(9-11-18)12-13-23-21(27)17-5-4-14-26(15-17)22-24-19-6-2-3-7-20(19)25-22/h2-3,6-11,17H,4-5,12-15H2,1H3,(H,23,27)(H,24,25). The maximum atomic E-state index is 12.7. The van der Waals surface area contributed by atoms with E-state index in [4.69, 9.17) is 0 Å². The van der Waals surface area contributed by atoms with Gasteiger partial charge in [0, 0.05) is 24.5 Å². The van der Waals surface area contributed by atoms with Gasteiger partial charge in [0.2, 0.25) is 11.9 Å². The molecule has 0 saturated carbocycles. The molecule has 1 atom stereocenters. The molecule has 1 saturated heterocycles. The molecule has 2 N–H and O–H groups in total. The molecule has 146 valence electrons. The van der Waals surface area contributed by atoms with Gasteiger partial charge >= 0.3 is 0 Å². The van der Waals surface area contributed by atoms with E-state index in [0.29, 0.717) is 13.1 Å². The van der Waals surface area contributed by atoms with Crippen LogP contribution in [0.4, 0.5) is 5.95 Å². The second-order valence-corrected chi connectivity index (χ2v) is 8.13. The first kappa shape index (κ1) is 18.9. The molecule has 28 heavy (non-hydrogen) atoms. The zero-order valence-electron chi connectivity index (χ0n) is 16.1. The fourth-order valence-electron chi connectivity index (χ4n) is 3.74. The molecular formula is C22H26N4OS. The molecule has 4 rings (SSSR count). The molecule has 0 radical (unpaired) electrons. The minimum atomic E-state index is 0.0147. The van der Waals surface area contributed by atoms with Crippen LogP contribution in [0, 0.1) is 5.92 Å². The second-order valence-electron chi connectivity index (χ2n) is 7.25. The van der Waals surface area contributed by atoms with E-state index in [9.17, 15) is 4.79 Å². The van der Waals surface area contributed by atoms with Gasteiger partial charge in [-0.1, -0.05) is 24.3 Å². The maximum absolute atomic E-state index is 12.7. The van der Waals surface area contributed by atoms with E-state index in [1.807, 2.05) is 24.3 Å². The number of piperidine rings is 1. The van der Waals surface area contributed by atoms with Crippen LogP contribution in [0.5, 0.6) is 0 Å². The average molecular weight is 395 g/mol. The summed E-state index contributed by atoms with van der Waals surface area (Å²) in [5.74, 6) is 1.04. The molecule has 0 aliphatic carbocycles. The quantitative estimate of drug-likeness (QED) is 0.623. The summed E-state index contributed by atoms with van der Waals surface area (Å²) in [6.45, 7) is 2.33. The van der Waals surface area contributed by atoms with Gasteiger partial charge in [-0.05, 0) is 55.3 Å². The number of thioether (sulfide) groups is 1. The third-order valence-corrected chi connectivity index (χ3v) is 6.08. The molecule has 1 unspecified atom stereocenters. The SMILES string of the molecule is CSc1ccc(CCNC(=O)C2CCCN(c3nc4ccccc4[nH]3)C2)cc1. The third kappa shape index (κ3) is 4.33. The first-order chi connectivity index (χ1) is 13.7. The molecule has 0 spiro atoms. The predicted molar refractivity (Wildman–Crippen MR) is 116 cm³/mol. The number of rotatable bonds is 6. The Balaban J connectivity index is 1.31. The van der Waals surface area contributed by atoms with Crippen LogP contribution in [0.1, 0.15) is 18.4 Å². The van der Waals surface area contributed by atoms with Crippen molar-refractivity contribution in [2.75, 3.05) is 30.8 Å². The molecule has 6 heteroatoms. The molecule has 2 heterocycles. The largest absolute Gasteiger partial charge is 0.355 e. The van der Waals surface area contributed by atoms with Crippen LogP contribution in [-0.4, -0.2) is 41.8 Å². The smallest absolute Gasteiger partial charge is 0.224 e. The van der Waals surface area contributed by atoms with Crippen molar-refractivity contribution in [1.82, 2.24) is 15.3 Å². The average Bonchev–Trinajstić information content (AvgIpc) is 3.19. The summed E-state index contributed by atoms with van der Waals surface area (Å²) < 4.78 is 0. The minimum absolute atomic E-state index is 0.0147. The van der Waals surface area contributed by atoms with Crippen LogP contribution in [0.2, 0.25) is 0 Å². The molecule has 3 aromatic rings. The Labute approximate surface area is 169 Å². The highest BCUT2D eigenvalue weighted by Gasteiger charge is 2.27. The molecular weight excluding hydrogens is 368 g/mol. The summed E-state index contributed by atoms with van der Waals surface area (Å²) >= 11 is 1.74. The first-order valence-corrected chi connectivity index (χ1v) is 11.1. The van der Waals surface area contributed by atoms with Crippen molar-refractivity contribution in [3.63, 3.8) is 0 Å². The normalized spacial score (nSPS) is 17.0. The second kappa shape index (κ2) is 8.69. The number of aromatic amines is 1. The topological polar surface area (TPSA) is 61.0 Å². The van der Waals surface area contributed by atoms with Gasteiger partial charge < -0.3 is 15.2 Å². The van der Waals surface area contributed by atoms with Crippen molar-refractivity contribution >= 4 is 34.7 Å². The molecule has 2 aromatic carbocycles. The maximum Gasteiger partial charge on any atom is 0.224 e. The highest BCUT2D eigenvalue weighted by Crippen LogP contribution is 2.23. The molecule has 5 nitrogen and oxygen atoms in total. The van der Waals surface area contributed by atoms with Crippen LogP contribution >= 0.6 is 11.8 Å². The highest BCUT2D eigenvalue weighted by atomic mass is 32.2. The monoisotopic (exact) mass is 394 g/mol. The predicted octanol–water partition coefficient (Wildman–Crippen LogP) is 3.86. The Morgan fingerprint density at radius 3 is 2.86 bits per heavy atom. The number of para-hydroxylation sites is 2. The van der Waals surface area contributed by atoms with Crippen molar-refractivity contribution < 1.29 is 4.79 Å². The van der Waals surface area contributed by atoms with E-state index in [1.165, 1.54) is 10.5 Å². The first-order valence-electron chi connectivity index (χ1n) is 9.83. The number of nitrogens with zero attached hydrogens (tertiary/aromatic N) is 2. The number of anilines is 1. The number of hydrogen-bond donors (Lipinski definition) is 2. The van der Waals surface area contributed by atoms with Crippen LogP contribution in [0.15, 0.2) is 53.4 Å². The number of hydrogen-bond acceptors (Lipinski definition) is 4. The van der Waals surface area contributed by atoms with Crippen molar-refractivity contribution in [2.45, 2.75) is 24.2 Å². The minimum Gasteiger partial charge on any atom is -0.355 e. The molecule has 1 fully saturated rings. The van der Waals surface area contributed by atoms with Crippen LogP contribution in [0.3, 0.4) is 0 Å². The number of nitrogens with one attached hydrogen (secondary N) is 2. The van der Waals surface area contributed by atoms with Crippen molar-refractivity contribution in [3.05, 3.63) is 54.1 Å². The summed E-state index contributed by atoms with van der Waals surface area (Å²) in [6, 6.07) is 16.6. The molecule has 1 aliphatic rings.